The maximum absolute atomic E-state index is 11.0. The molecule has 0 saturated heterocycles. The molecule has 100 valence electrons. The Morgan fingerprint density at radius 3 is 2.79 bits per heavy atom. The van der Waals surface area contributed by atoms with E-state index >= 15 is 0 Å². The second kappa shape index (κ2) is 5.66. The maximum Gasteiger partial charge on any atom is 0.311 e. The summed E-state index contributed by atoms with van der Waals surface area (Å²) in [5.41, 5.74) is -0.0255. The van der Waals surface area contributed by atoms with Gasteiger partial charge in [-0.2, -0.15) is 0 Å². The number of nitrogens with one attached hydrogen (secondary N) is 2. The van der Waals surface area contributed by atoms with Crippen molar-refractivity contribution in [2.45, 2.75) is 13.0 Å². The van der Waals surface area contributed by atoms with Crippen molar-refractivity contribution in [3.8, 4) is 0 Å². The van der Waals surface area contributed by atoms with E-state index in [0.717, 1.165) is 4.88 Å². The van der Waals surface area contributed by atoms with E-state index in [0.29, 0.717) is 5.82 Å². The van der Waals surface area contributed by atoms with Gasteiger partial charge in [0.25, 0.3) is 0 Å². The minimum Gasteiger partial charge on any atom is -0.373 e. The quantitative estimate of drug-likeness (QED) is 0.648. The summed E-state index contributed by atoms with van der Waals surface area (Å²) in [5, 5.41) is 18.9. The third-order valence-electron chi connectivity index (χ3n) is 2.65. The number of nitro groups is 1. The van der Waals surface area contributed by atoms with Gasteiger partial charge in [-0.05, 0) is 24.4 Å². The van der Waals surface area contributed by atoms with E-state index in [9.17, 15) is 10.1 Å². The van der Waals surface area contributed by atoms with Gasteiger partial charge >= 0.3 is 5.69 Å². The van der Waals surface area contributed by atoms with Gasteiger partial charge in [0.2, 0.25) is 5.82 Å². The molecule has 0 spiro atoms. The van der Waals surface area contributed by atoms with Crippen molar-refractivity contribution in [2.75, 3.05) is 17.7 Å². The zero-order chi connectivity index (χ0) is 13.8. The smallest absolute Gasteiger partial charge is 0.311 e. The lowest BCUT2D eigenvalue weighted by atomic mass is 10.2. The van der Waals surface area contributed by atoms with Crippen LogP contribution in [0.15, 0.2) is 29.6 Å². The lowest BCUT2D eigenvalue weighted by Gasteiger charge is -2.13. The van der Waals surface area contributed by atoms with Crippen LogP contribution < -0.4 is 10.6 Å². The molecule has 0 fully saturated rings. The molecular formula is C12H14N4O2S. The van der Waals surface area contributed by atoms with E-state index in [4.69, 9.17) is 0 Å². The van der Waals surface area contributed by atoms with Crippen LogP contribution in [0.3, 0.4) is 0 Å². The normalized spacial score (nSPS) is 11.9. The third kappa shape index (κ3) is 3.00. The Bertz CT molecular complexity index is 571. The van der Waals surface area contributed by atoms with Crippen LogP contribution in [-0.4, -0.2) is 17.0 Å². The van der Waals surface area contributed by atoms with E-state index in [1.807, 2.05) is 24.4 Å². The van der Waals surface area contributed by atoms with Crippen molar-refractivity contribution in [3.63, 3.8) is 0 Å². The number of anilines is 2. The highest BCUT2D eigenvalue weighted by molar-refractivity contribution is 7.10. The molecule has 1 unspecified atom stereocenters. The first-order valence-electron chi connectivity index (χ1n) is 5.75. The first-order chi connectivity index (χ1) is 9.11. The van der Waals surface area contributed by atoms with Crippen LogP contribution in [0, 0.1) is 10.1 Å². The van der Waals surface area contributed by atoms with Crippen LogP contribution in [0.2, 0.25) is 0 Å². The number of hydrogen-bond donors (Lipinski definition) is 2. The highest BCUT2D eigenvalue weighted by Crippen LogP contribution is 2.29. The van der Waals surface area contributed by atoms with Crippen molar-refractivity contribution in [2.24, 2.45) is 0 Å². The van der Waals surface area contributed by atoms with E-state index < -0.39 is 4.92 Å². The predicted molar refractivity (Wildman–Crippen MR) is 76.8 cm³/mol. The number of rotatable bonds is 5. The molecule has 2 aromatic heterocycles. The maximum atomic E-state index is 11.0. The molecule has 2 aromatic rings. The van der Waals surface area contributed by atoms with Crippen LogP contribution in [0.1, 0.15) is 17.8 Å². The van der Waals surface area contributed by atoms with Gasteiger partial charge in [0.15, 0.2) is 0 Å². The summed E-state index contributed by atoms with van der Waals surface area (Å²) in [6.45, 7) is 1.95. The Hall–Kier alpha value is -2.15. The molecule has 2 rings (SSSR count). The number of nitrogens with zero attached hydrogens (tertiary/aromatic N) is 2. The monoisotopic (exact) mass is 278 g/mol. The fourth-order valence-corrected chi connectivity index (χ4v) is 2.39. The molecule has 7 heteroatoms. The molecule has 2 heterocycles. The fraction of sp³-hybridized carbons (Fsp3) is 0.250. The Kier molecular flexibility index (Phi) is 3.96. The molecule has 0 aliphatic heterocycles. The summed E-state index contributed by atoms with van der Waals surface area (Å²) in [6.07, 6.45) is 0. The van der Waals surface area contributed by atoms with Crippen molar-refractivity contribution in [1.82, 2.24) is 4.98 Å². The van der Waals surface area contributed by atoms with Crippen LogP contribution in [0.25, 0.3) is 0 Å². The summed E-state index contributed by atoms with van der Waals surface area (Å²) >= 11 is 1.60. The summed E-state index contributed by atoms with van der Waals surface area (Å²) in [6, 6.07) is 6.93. The second-order valence-corrected chi connectivity index (χ2v) is 4.93. The Balaban J connectivity index is 2.29. The summed E-state index contributed by atoms with van der Waals surface area (Å²) < 4.78 is 0. The SMILES string of the molecule is CNc1ccc([N+](=O)[O-])c(NC(C)c2cccs2)n1. The largest absolute Gasteiger partial charge is 0.373 e. The molecule has 19 heavy (non-hydrogen) atoms. The number of thiophene rings is 1. The number of aromatic nitrogens is 1. The zero-order valence-electron chi connectivity index (χ0n) is 10.6. The predicted octanol–water partition coefficient (Wildman–Crippen LogP) is 3.27. The third-order valence-corrected chi connectivity index (χ3v) is 3.70. The van der Waals surface area contributed by atoms with Crippen LogP contribution in [-0.2, 0) is 0 Å². The zero-order valence-corrected chi connectivity index (χ0v) is 11.4. The Labute approximate surface area is 114 Å². The first kappa shape index (κ1) is 13.3. The van der Waals surface area contributed by atoms with Crippen molar-refractivity contribution in [1.29, 1.82) is 0 Å². The van der Waals surface area contributed by atoms with Crippen LogP contribution >= 0.6 is 11.3 Å². The topological polar surface area (TPSA) is 80.1 Å². The molecule has 0 amide bonds. The van der Waals surface area contributed by atoms with E-state index in [1.165, 1.54) is 6.07 Å². The second-order valence-electron chi connectivity index (χ2n) is 3.95. The highest BCUT2D eigenvalue weighted by atomic mass is 32.1. The molecule has 0 aliphatic rings. The van der Waals surface area contributed by atoms with Crippen molar-refractivity contribution >= 4 is 28.7 Å². The van der Waals surface area contributed by atoms with Gasteiger partial charge in [-0.15, -0.1) is 11.3 Å². The minimum absolute atomic E-state index is 0.0255. The summed E-state index contributed by atoms with van der Waals surface area (Å²) in [4.78, 5) is 15.9. The lowest BCUT2D eigenvalue weighted by Crippen LogP contribution is -2.09. The van der Waals surface area contributed by atoms with E-state index in [-0.39, 0.29) is 17.5 Å². The van der Waals surface area contributed by atoms with Gasteiger partial charge in [0, 0.05) is 18.0 Å². The fourth-order valence-electron chi connectivity index (χ4n) is 1.66. The van der Waals surface area contributed by atoms with Gasteiger partial charge in [-0.25, -0.2) is 4.98 Å². The molecule has 0 bridgehead atoms. The molecule has 1 atom stereocenters. The van der Waals surface area contributed by atoms with Crippen LogP contribution in [0.4, 0.5) is 17.3 Å². The lowest BCUT2D eigenvalue weighted by molar-refractivity contribution is -0.384. The number of pyridine rings is 1. The standard InChI is InChI=1S/C12H14N4O2S/c1-8(10-4-3-7-19-10)14-12-9(16(17)18)5-6-11(13-2)15-12/h3-8H,1-2H3,(H2,13,14,15). The molecule has 2 N–H and O–H groups in total. The van der Waals surface area contributed by atoms with Gasteiger partial charge in [-0.3, -0.25) is 10.1 Å². The molecule has 0 radical (unpaired) electrons. The summed E-state index contributed by atoms with van der Waals surface area (Å²) in [5.74, 6) is 0.865. The van der Waals surface area contributed by atoms with E-state index in [1.54, 1.807) is 24.5 Å². The van der Waals surface area contributed by atoms with Gasteiger partial charge in [-0.1, -0.05) is 6.07 Å². The van der Waals surface area contributed by atoms with Gasteiger partial charge in [0.05, 0.1) is 11.0 Å². The Morgan fingerprint density at radius 2 is 2.21 bits per heavy atom. The number of hydrogen-bond acceptors (Lipinski definition) is 6. The molecule has 0 aromatic carbocycles. The van der Waals surface area contributed by atoms with E-state index in [2.05, 4.69) is 15.6 Å². The van der Waals surface area contributed by atoms with Crippen LogP contribution in [0.5, 0.6) is 0 Å². The molecule has 6 nitrogen and oxygen atoms in total. The minimum atomic E-state index is -0.435. The van der Waals surface area contributed by atoms with Crippen molar-refractivity contribution < 1.29 is 4.92 Å². The average Bonchev–Trinajstić information content (AvgIpc) is 2.92. The van der Waals surface area contributed by atoms with Crippen molar-refractivity contribution in [3.05, 3.63) is 44.6 Å². The average molecular weight is 278 g/mol. The Morgan fingerprint density at radius 1 is 1.42 bits per heavy atom. The molecule has 0 saturated carbocycles. The van der Waals surface area contributed by atoms with Gasteiger partial charge in [0.1, 0.15) is 5.82 Å². The summed E-state index contributed by atoms with van der Waals surface area (Å²) in [7, 11) is 1.72. The molecule has 0 aliphatic carbocycles. The first-order valence-corrected chi connectivity index (χ1v) is 6.63. The highest BCUT2D eigenvalue weighted by Gasteiger charge is 2.18. The molecular weight excluding hydrogens is 264 g/mol. The van der Waals surface area contributed by atoms with Gasteiger partial charge < -0.3 is 10.6 Å².